The summed E-state index contributed by atoms with van der Waals surface area (Å²) in [7, 11) is 0. The summed E-state index contributed by atoms with van der Waals surface area (Å²) in [6, 6.07) is 4.60. The minimum atomic E-state index is -0.310. The number of hydrogen-bond donors (Lipinski definition) is 0. The van der Waals surface area contributed by atoms with Gasteiger partial charge in [0.1, 0.15) is 0 Å². The lowest BCUT2D eigenvalue weighted by atomic mass is 10.6. The van der Waals surface area contributed by atoms with E-state index in [1.807, 2.05) is 0 Å². The van der Waals surface area contributed by atoms with Crippen molar-refractivity contribution in [3.05, 3.63) is 34.7 Å². The van der Waals surface area contributed by atoms with E-state index >= 15 is 0 Å². The van der Waals surface area contributed by atoms with E-state index in [-0.39, 0.29) is 5.56 Å². The molecule has 0 radical (unpaired) electrons. The second-order valence-corrected chi connectivity index (χ2v) is 1.25. The van der Waals surface area contributed by atoms with Crippen LogP contribution >= 0.6 is 0 Å². The Balaban J connectivity index is 3.32. The molecule has 0 N–H and O–H groups in total. The summed E-state index contributed by atoms with van der Waals surface area (Å²) >= 11 is 0. The highest BCUT2D eigenvalue weighted by molar-refractivity contribution is 4.85. The first-order chi connectivity index (χ1) is 3.89. The molecule has 0 unspecified atom stereocenters. The molecule has 0 saturated carbocycles. The Kier molecular flexibility index (Phi) is 1.32. The predicted molar refractivity (Wildman–Crippen MR) is 28.3 cm³/mol. The minimum Gasteiger partial charge on any atom is -0.266 e. The van der Waals surface area contributed by atoms with Gasteiger partial charge in [-0.3, -0.25) is 4.79 Å². The predicted octanol–water partition coefficient (Wildman–Crippen LogP) is -0.163. The summed E-state index contributed by atoms with van der Waals surface area (Å²) in [5, 5.41) is 6.62. The average molecular weight is 108 g/mol. The van der Waals surface area contributed by atoms with Crippen LogP contribution < -0.4 is 5.56 Å². The highest BCUT2D eigenvalue weighted by Gasteiger charge is 1.72. The van der Waals surface area contributed by atoms with E-state index < -0.39 is 0 Å². The summed E-state index contributed by atoms with van der Waals surface area (Å²) in [5.74, 6) is 0. The van der Waals surface area contributed by atoms with Crippen LogP contribution in [0.25, 0.3) is 0 Å². The molecule has 0 spiro atoms. The van der Waals surface area contributed by atoms with Crippen molar-refractivity contribution in [2.45, 2.75) is 0 Å². The third-order valence-corrected chi connectivity index (χ3v) is 0.659. The molecule has 0 aromatic carbocycles. The molecule has 0 amide bonds. The molecule has 3 nitrogen and oxygen atoms in total. The summed E-state index contributed by atoms with van der Waals surface area (Å²) in [4.78, 5) is 10.3. The molecule has 0 aliphatic carbocycles. The third kappa shape index (κ3) is 1.11. The smallest absolute Gasteiger partial charge is 0.266 e. The monoisotopic (exact) mass is 108 g/mol. The summed E-state index contributed by atoms with van der Waals surface area (Å²) < 4.78 is 0. The molecular weight excluding hydrogens is 104 g/mol. The maximum Gasteiger partial charge on any atom is 0.288 e. The molecule has 0 saturated heterocycles. The lowest BCUT2D eigenvalue weighted by Gasteiger charge is -1.56. The second kappa shape index (κ2) is 2.16. The van der Waals surface area contributed by atoms with Crippen molar-refractivity contribution in [2.75, 3.05) is 0 Å². The first kappa shape index (κ1) is 4.90. The molecule has 1 aromatic rings. The molecule has 0 fully saturated rings. The number of nitrogens with zero attached hydrogens (tertiary/aromatic N) is 2. The molecular formula is C5H4N2O. The fourth-order valence-electron chi connectivity index (χ4n) is 0.350. The van der Waals surface area contributed by atoms with Gasteiger partial charge >= 0.3 is 0 Å². The van der Waals surface area contributed by atoms with Crippen molar-refractivity contribution in [1.29, 1.82) is 0 Å². The Morgan fingerprint density at radius 1 is 1.38 bits per heavy atom. The van der Waals surface area contributed by atoms with Gasteiger partial charge in [-0.15, -0.1) is 5.10 Å². The molecule has 40 valence electrons. The van der Waals surface area contributed by atoms with Crippen LogP contribution in [0.5, 0.6) is 0 Å². The van der Waals surface area contributed by atoms with E-state index in [1.54, 1.807) is 12.1 Å². The van der Waals surface area contributed by atoms with Crippen molar-refractivity contribution in [1.82, 2.24) is 10.2 Å². The van der Waals surface area contributed by atoms with Gasteiger partial charge in [-0.1, -0.05) is 6.07 Å². The zero-order valence-electron chi connectivity index (χ0n) is 4.11. The van der Waals surface area contributed by atoms with E-state index in [2.05, 4.69) is 10.2 Å². The zero-order valence-corrected chi connectivity index (χ0v) is 4.11. The Hall–Kier alpha value is -1.25. The number of aromatic nitrogens is 2. The van der Waals surface area contributed by atoms with Crippen molar-refractivity contribution in [2.24, 2.45) is 0 Å². The maximum atomic E-state index is 10.3. The van der Waals surface area contributed by atoms with Crippen LogP contribution in [0.1, 0.15) is 0 Å². The molecule has 0 atom stereocenters. The highest BCUT2D eigenvalue weighted by atomic mass is 16.1. The Morgan fingerprint density at radius 3 is 3.12 bits per heavy atom. The van der Waals surface area contributed by atoms with Gasteiger partial charge < -0.3 is 0 Å². The van der Waals surface area contributed by atoms with Crippen LogP contribution in [-0.2, 0) is 0 Å². The number of hydrogen-bond acceptors (Lipinski definition) is 3. The zero-order chi connectivity index (χ0) is 5.82. The van der Waals surface area contributed by atoms with Gasteiger partial charge in [-0.2, -0.15) is 5.10 Å². The van der Waals surface area contributed by atoms with Gasteiger partial charge in [0.2, 0.25) is 0 Å². The second-order valence-electron chi connectivity index (χ2n) is 1.25. The van der Waals surface area contributed by atoms with Gasteiger partial charge in [0.25, 0.3) is 5.56 Å². The van der Waals surface area contributed by atoms with Crippen LogP contribution in [0.15, 0.2) is 29.2 Å². The van der Waals surface area contributed by atoms with Crippen LogP contribution in [0.4, 0.5) is 0 Å². The Morgan fingerprint density at radius 2 is 2.25 bits per heavy atom. The fraction of sp³-hybridized carbons (Fsp3) is 0. The Bertz CT molecular complexity index is 201. The lowest BCUT2D eigenvalue weighted by Crippen LogP contribution is -1.98. The van der Waals surface area contributed by atoms with Crippen LogP contribution in [0.3, 0.4) is 0 Å². The fourth-order valence-corrected chi connectivity index (χ4v) is 0.350. The molecule has 1 heterocycles. The highest BCUT2D eigenvalue weighted by Crippen LogP contribution is 1.65. The normalized spacial score (nSPS) is 8.50. The van der Waals surface area contributed by atoms with Crippen LogP contribution in [0, 0.1) is 0 Å². The molecule has 0 aliphatic rings. The van der Waals surface area contributed by atoms with Gasteiger partial charge in [0, 0.05) is 12.3 Å². The van der Waals surface area contributed by atoms with E-state index in [0.29, 0.717) is 0 Å². The first-order valence-electron chi connectivity index (χ1n) is 2.17. The van der Waals surface area contributed by atoms with Crippen LogP contribution in [-0.4, -0.2) is 10.2 Å². The van der Waals surface area contributed by atoms with Gasteiger partial charge in [-0.05, 0) is 6.07 Å². The van der Waals surface area contributed by atoms with Crippen molar-refractivity contribution in [3.63, 3.8) is 0 Å². The number of rotatable bonds is 0. The van der Waals surface area contributed by atoms with Gasteiger partial charge in [0.15, 0.2) is 0 Å². The minimum absolute atomic E-state index is 0.310. The standard InChI is InChI=1S/C5H4N2O/c8-5-3-1-2-4-6-7-5/h1-4H. The van der Waals surface area contributed by atoms with Crippen LogP contribution in [0.2, 0.25) is 0 Å². The first-order valence-corrected chi connectivity index (χ1v) is 2.17. The van der Waals surface area contributed by atoms with Crippen molar-refractivity contribution >= 4 is 0 Å². The van der Waals surface area contributed by atoms with E-state index in [9.17, 15) is 4.79 Å². The summed E-state index contributed by atoms with van der Waals surface area (Å²) in [5.41, 5.74) is -0.310. The van der Waals surface area contributed by atoms with Gasteiger partial charge in [0.05, 0.1) is 0 Å². The van der Waals surface area contributed by atoms with E-state index in [1.165, 1.54) is 12.3 Å². The average Bonchev–Trinajstić information content (AvgIpc) is 1.94. The molecule has 1 aromatic heterocycles. The quantitative estimate of drug-likeness (QED) is 0.463. The summed E-state index contributed by atoms with van der Waals surface area (Å²) in [6.45, 7) is 0. The summed E-state index contributed by atoms with van der Waals surface area (Å²) in [6.07, 6.45) is 1.46. The lowest BCUT2D eigenvalue weighted by molar-refractivity contribution is 1.01. The SMILES string of the molecule is O=c1ccccnn1. The third-order valence-electron chi connectivity index (χ3n) is 0.659. The molecule has 0 aliphatic heterocycles. The Labute approximate surface area is 46.0 Å². The maximum absolute atomic E-state index is 10.3. The largest absolute Gasteiger partial charge is 0.288 e. The van der Waals surface area contributed by atoms with Crippen molar-refractivity contribution in [3.8, 4) is 0 Å². The molecule has 8 heavy (non-hydrogen) atoms. The van der Waals surface area contributed by atoms with Crippen molar-refractivity contribution < 1.29 is 0 Å². The molecule has 0 bridgehead atoms. The topological polar surface area (TPSA) is 42.9 Å². The van der Waals surface area contributed by atoms with E-state index in [4.69, 9.17) is 0 Å². The molecule has 3 heteroatoms. The van der Waals surface area contributed by atoms with E-state index in [0.717, 1.165) is 0 Å². The van der Waals surface area contributed by atoms with Gasteiger partial charge in [-0.25, -0.2) is 0 Å². The molecule has 1 rings (SSSR count).